The molecule has 2 aliphatic heterocycles. The lowest BCUT2D eigenvalue weighted by Crippen LogP contribution is -2.58. The van der Waals surface area contributed by atoms with E-state index in [1.807, 2.05) is 6.07 Å². The third-order valence-corrected chi connectivity index (χ3v) is 7.59. The third-order valence-electron chi connectivity index (χ3n) is 7.08. The van der Waals surface area contributed by atoms with E-state index in [1.165, 1.54) is 6.07 Å². The summed E-state index contributed by atoms with van der Waals surface area (Å²) < 4.78 is 14.2. The maximum absolute atomic E-state index is 14.2. The fourth-order valence-electron chi connectivity index (χ4n) is 5.19. The van der Waals surface area contributed by atoms with Gasteiger partial charge in [0, 0.05) is 63.0 Å². The number of urea groups is 1. The molecule has 1 aromatic heterocycles. The molecule has 4 rings (SSSR count). The van der Waals surface area contributed by atoms with Crippen molar-refractivity contribution >= 4 is 35.1 Å². The number of piperidine rings is 1. The Morgan fingerprint density at radius 2 is 2.00 bits per heavy atom. The molecule has 192 valence electrons. The van der Waals surface area contributed by atoms with Gasteiger partial charge in [-0.2, -0.15) is 0 Å². The summed E-state index contributed by atoms with van der Waals surface area (Å²) in [5.74, 6) is 0.554. The van der Waals surface area contributed by atoms with Crippen LogP contribution in [0, 0.1) is 5.82 Å². The first-order chi connectivity index (χ1) is 16.8. The van der Waals surface area contributed by atoms with Crippen LogP contribution in [0.15, 0.2) is 30.5 Å². The first kappa shape index (κ1) is 25.9. The Morgan fingerprint density at radius 3 is 2.66 bits per heavy atom. The highest BCUT2D eigenvalue weighted by molar-refractivity contribution is 6.33. The highest BCUT2D eigenvalue weighted by Gasteiger charge is 2.34. The van der Waals surface area contributed by atoms with Gasteiger partial charge in [-0.05, 0) is 56.1 Å². The van der Waals surface area contributed by atoms with Gasteiger partial charge in [0.25, 0.3) is 0 Å². The number of carbonyl (C=O) groups is 1. The van der Waals surface area contributed by atoms with Crippen LogP contribution in [-0.4, -0.2) is 65.6 Å². The van der Waals surface area contributed by atoms with E-state index in [4.69, 9.17) is 28.9 Å². The average molecular weight is 526 g/mol. The molecule has 0 bridgehead atoms. The Labute approximate surface area is 217 Å². The van der Waals surface area contributed by atoms with Gasteiger partial charge in [-0.25, -0.2) is 14.2 Å². The van der Waals surface area contributed by atoms with Crippen molar-refractivity contribution in [1.29, 1.82) is 0 Å². The second kappa shape index (κ2) is 11.7. The number of pyridine rings is 1. The molecule has 0 saturated carbocycles. The Balaban J connectivity index is 0.00000361. The minimum atomic E-state index is -0.574. The molecule has 2 saturated heterocycles. The Bertz CT molecular complexity index is 1040. The fourth-order valence-corrected chi connectivity index (χ4v) is 5.66. The molecule has 0 unspecified atom stereocenters. The number of aromatic nitrogens is 1. The minimum Gasteiger partial charge on any atom is -0.353 e. The minimum absolute atomic E-state index is 0. The number of rotatable bonds is 7. The molecule has 10 heteroatoms. The number of nitrogens with one attached hydrogen (secondary N) is 1. The van der Waals surface area contributed by atoms with E-state index in [9.17, 15) is 9.18 Å². The van der Waals surface area contributed by atoms with Crippen LogP contribution in [0.3, 0.4) is 0 Å². The molecule has 0 radical (unpaired) electrons. The van der Waals surface area contributed by atoms with E-state index in [0.717, 1.165) is 63.4 Å². The third kappa shape index (κ3) is 6.55. The Kier molecular flexibility index (Phi) is 8.70. The van der Waals surface area contributed by atoms with Crippen LogP contribution in [-0.2, 0) is 13.1 Å². The number of hydrogen-bond donors (Lipinski definition) is 2. The van der Waals surface area contributed by atoms with Crippen molar-refractivity contribution in [3.05, 3.63) is 57.5 Å². The lowest BCUT2D eigenvalue weighted by Gasteiger charge is -2.47. The second-order valence-electron chi connectivity index (χ2n) is 9.36. The molecule has 3 heterocycles. The summed E-state index contributed by atoms with van der Waals surface area (Å²) in [5.41, 5.74) is 6.66. The summed E-state index contributed by atoms with van der Waals surface area (Å²) in [4.78, 5) is 22.8. The van der Waals surface area contributed by atoms with Crippen LogP contribution in [0.5, 0.6) is 0 Å². The summed E-state index contributed by atoms with van der Waals surface area (Å²) in [5, 5.41) is 3.58. The van der Waals surface area contributed by atoms with Gasteiger partial charge in [-0.15, -0.1) is 0 Å². The van der Waals surface area contributed by atoms with Gasteiger partial charge in [0.15, 0.2) is 0 Å². The zero-order valence-electron chi connectivity index (χ0n) is 20.0. The maximum atomic E-state index is 14.2. The van der Waals surface area contributed by atoms with Gasteiger partial charge < -0.3 is 16.0 Å². The molecular weight excluding hydrogens is 490 g/mol. The van der Waals surface area contributed by atoms with E-state index in [0.29, 0.717) is 40.8 Å². The monoisotopic (exact) mass is 524 g/mol. The van der Waals surface area contributed by atoms with Crippen molar-refractivity contribution < 1.29 is 10.6 Å². The number of nitrogens with two attached hydrogens (primary N) is 1. The molecule has 0 spiro atoms. The number of benzene rings is 1. The molecule has 2 amide bonds. The molecule has 7 nitrogen and oxygen atoms in total. The largest absolute Gasteiger partial charge is 0.353 e. The van der Waals surface area contributed by atoms with E-state index in [1.54, 1.807) is 18.3 Å². The predicted octanol–water partition coefficient (Wildman–Crippen LogP) is 4.51. The quantitative estimate of drug-likeness (QED) is 0.557. The van der Waals surface area contributed by atoms with Crippen molar-refractivity contribution in [3.8, 4) is 0 Å². The SMILES string of the molecule is CC[C@H]1CN(c2ncc(CNC(N)=O)cc2Cl)CCN1C1CCN(Cc2ccc(Cl)cc2F)CC1.[HH]. The summed E-state index contributed by atoms with van der Waals surface area (Å²) >= 11 is 12.4. The van der Waals surface area contributed by atoms with E-state index < -0.39 is 6.03 Å². The number of primary amides is 1. The topological polar surface area (TPSA) is 77.7 Å². The standard InChI is InChI=1S/C25H33Cl2FN6O.H2/c1-2-20-16-33(24-22(27)11-17(13-30-24)14-31-25(29)35)9-10-34(20)21-5-7-32(8-6-21)15-18-3-4-19(26)12-23(18)28;/h3-4,11-13,20-21H,2,5-10,14-16H2,1H3,(H3,29,31,35);1H/t20-;/m0./s1. The van der Waals surface area contributed by atoms with Crippen molar-refractivity contribution in [2.24, 2.45) is 5.73 Å². The van der Waals surface area contributed by atoms with Crippen LogP contribution in [0.1, 0.15) is 38.7 Å². The molecule has 3 N–H and O–H groups in total. The molecule has 2 aliphatic rings. The number of nitrogens with zero attached hydrogens (tertiary/aromatic N) is 4. The lowest BCUT2D eigenvalue weighted by molar-refractivity contribution is 0.0607. The van der Waals surface area contributed by atoms with E-state index in [2.05, 4.69) is 31.9 Å². The average Bonchev–Trinajstić information content (AvgIpc) is 2.84. The summed E-state index contributed by atoms with van der Waals surface area (Å²) in [7, 11) is 0. The van der Waals surface area contributed by atoms with Gasteiger partial charge in [0.2, 0.25) is 0 Å². The van der Waals surface area contributed by atoms with Crippen molar-refractivity contribution in [2.45, 2.75) is 51.4 Å². The number of hydrogen-bond acceptors (Lipinski definition) is 5. The fraction of sp³-hybridized carbons (Fsp3) is 0.520. The number of amides is 2. The van der Waals surface area contributed by atoms with Gasteiger partial charge in [0.1, 0.15) is 11.6 Å². The lowest BCUT2D eigenvalue weighted by atomic mass is 9.97. The predicted molar refractivity (Wildman–Crippen MR) is 140 cm³/mol. The number of piperazine rings is 1. The van der Waals surface area contributed by atoms with Crippen molar-refractivity contribution in [1.82, 2.24) is 20.1 Å². The van der Waals surface area contributed by atoms with E-state index in [-0.39, 0.29) is 7.24 Å². The smallest absolute Gasteiger partial charge is 0.312 e. The number of anilines is 1. The van der Waals surface area contributed by atoms with Gasteiger partial charge in [-0.3, -0.25) is 9.80 Å². The van der Waals surface area contributed by atoms with Crippen LogP contribution < -0.4 is 16.0 Å². The van der Waals surface area contributed by atoms with E-state index >= 15 is 0 Å². The molecule has 0 aliphatic carbocycles. The van der Waals surface area contributed by atoms with Crippen molar-refractivity contribution in [3.63, 3.8) is 0 Å². The molecule has 2 fully saturated rings. The van der Waals surface area contributed by atoms with Crippen LogP contribution in [0.25, 0.3) is 0 Å². The number of halogens is 3. The molecule has 1 aromatic carbocycles. The molecular formula is C25H35Cl2FN6O. The summed E-state index contributed by atoms with van der Waals surface area (Å²) in [6.45, 7) is 7.75. The number of carbonyl (C=O) groups excluding carboxylic acids is 1. The van der Waals surface area contributed by atoms with Crippen LogP contribution in [0.2, 0.25) is 10.0 Å². The van der Waals surface area contributed by atoms with Crippen molar-refractivity contribution in [2.75, 3.05) is 37.6 Å². The highest BCUT2D eigenvalue weighted by atomic mass is 35.5. The molecule has 35 heavy (non-hydrogen) atoms. The van der Waals surface area contributed by atoms with Crippen LogP contribution >= 0.6 is 23.2 Å². The van der Waals surface area contributed by atoms with Gasteiger partial charge in [-0.1, -0.05) is 36.2 Å². The molecule has 2 aromatic rings. The zero-order chi connectivity index (χ0) is 24.9. The van der Waals surface area contributed by atoms with Gasteiger partial charge in [0.05, 0.1) is 5.02 Å². The Hall–Kier alpha value is -2.13. The molecule has 1 atom stereocenters. The zero-order valence-corrected chi connectivity index (χ0v) is 21.5. The maximum Gasteiger partial charge on any atom is 0.312 e. The highest BCUT2D eigenvalue weighted by Crippen LogP contribution is 2.30. The second-order valence-corrected chi connectivity index (χ2v) is 10.2. The summed E-state index contributed by atoms with van der Waals surface area (Å²) in [6, 6.07) is 7.15. The first-order valence-electron chi connectivity index (χ1n) is 12.2. The van der Waals surface area contributed by atoms with Gasteiger partial charge >= 0.3 is 6.03 Å². The van der Waals surface area contributed by atoms with Crippen LogP contribution in [0.4, 0.5) is 15.0 Å². The number of likely N-dealkylation sites (tertiary alicyclic amines) is 1. The Morgan fingerprint density at radius 1 is 1.23 bits per heavy atom. The summed E-state index contributed by atoms with van der Waals surface area (Å²) in [6.07, 6.45) is 4.94. The normalized spacial score (nSPS) is 20.2. The first-order valence-corrected chi connectivity index (χ1v) is 12.9.